The van der Waals surface area contributed by atoms with Crippen molar-refractivity contribution >= 4 is 29.4 Å². The van der Waals surface area contributed by atoms with Crippen molar-refractivity contribution in [1.82, 2.24) is 24.5 Å². The van der Waals surface area contributed by atoms with Crippen molar-refractivity contribution in [2.75, 3.05) is 16.8 Å². The number of thioether (sulfide) groups is 1. The molecule has 0 fully saturated rings. The first-order valence-electron chi connectivity index (χ1n) is 7.66. The first-order chi connectivity index (χ1) is 13.1. The summed E-state index contributed by atoms with van der Waals surface area (Å²) in [7, 11) is 0. The maximum Gasteiger partial charge on any atom is 0.245 e. The maximum atomic E-state index is 12.5. The van der Waals surface area contributed by atoms with Gasteiger partial charge < -0.3 is 11.1 Å². The molecule has 1 amide bonds. The van der Waals surface area contributed by atoms with E-state index in [1.54, 1.807) is 12.1 Å². The van der Waals surface area contributed by atoms with Crippen molar-refractivity contribution in [2.24, 2.45) is 0 Å². The lowest BCUT2D eigenvalue weighted by atomic mass is 10.3. The summed E-state index contributed by atoms with van der Waals surface area (Å²) in [6, 6.07) is 13.1. The van der Waals surface area contributed by atoms with E-state index in [0.717, 1.165) is 11.8 Å². The Morgan fingerprint density at radius 3 is 2.74 bits per heavy atom. The third-order valence-electron chi connectivity index (χ3n) is 3.46. The predicted molar refractivity (Wildman–Crippen MR) is 97.7 cm³/mol. The molecule has 3 N–H and O–H groups in total. The minimum absolute atomic E-state index is 0.0580. The average Bonchev–Trinajstić information content (AvgIpc) is 3.24. The lowest BCUT2D eigenvalue weighted by Crippen LogP contribution is -2.22. The number of amides is 1. The number of anilines is 2. The van der Waals surface area contributed by atoms with Gasteiger partial charge in [0.2, 0.25) is 11.9 Å². The quantitative estimate of drug-likeness (QED) is 0.606. The molecule has 0 unspecified atom stereocenters. The Labute approximate surface area is 158 Å². The van der Waals surface area contributed by atoms with E-state index in [2.05, 4.69) is 20.6 Å². The van der Waals surface area contributed by atoms with Crippen molar-refractivity contribution in [3.05, 3.63) is 42.1 Å². The lowest BCUT2D eigenvalue weighted by molar-refractivity contribution is -0.116. The van der Waals surface area contributed by atoms with Crippen molar-refractivity contribution < 1.29 is 4.79 Å². The Kier molecular flexibility index (Phi) is 5.35. The Morgan fingerprint density at radius 1 is 1.26 bits per heavy atom. The number of carbonyl (C=O) groups is 1. The number of hydrogen-bond acceptors (Lipinski definition) is 8. The Bertz CT molecular complexity index is 1040. The first kappa shape index (κ1) is 18.0. The molecule has 0 aliphatic carbocycles. The van der Waals surface area contributed by atoms with Crippen LogP contribution in [-0.4, -0.2) is 36.2 Å². The number of carbonyl (C=O) groups excluding carboxylic acids is 1. The number of hydrogen-bond donors (Lipinski definition) is 2. The molecule has 0 aliphatic heterocycles. The van der Waals surface area contributed by atoms with E-state index < -0.39 is 5.91 Å². The van der Waals surface area contributed by atoms with Gasteiger partial charge in [-0.25, -0.2) is 4.68 Å². The summed E-state index contributed by atoms with van der Waals surface area (Å²) in [5.74, 6) is 0.0303. The molecule has 2 aromatic heterocycles. The second-order valence-electron chi connectivity index (χ2n) is 5.19. The number of para-hydroxylation sites is 1. The van der Waals surface area contributed by atoms with Gasteiger partial charge in [-0.15, -0.1) is 10.2 Å². The third-order valence-corrected chi connectivity index (χ3v) is 4.29. The second kappa shape index (κ2) is 8.03. The fraction of sp³-hybridized carbons (Fsp3) is 0.125. The van der Waals surface area contributed by atoms with E-state index in [1.165, 1.54) is 15.4 Å². The summed E-state index contributed by atoms with van der Waals surface area (Å²) < 4.78 is 2.87. The number of rotatable bonds is 6. The Morgan fingerprint density at radius 2 is 2.04 bits per heavy atom. The Hall–Kier alpha value is -3.83. The van der Waals surface area contributed by atoms with E-state index in [1.807, 2.05) is 30.3 Å². The van der Waals surface area contributed by atoms with Gasteiger partial charge in [-0.05, 0) is 12.1 Å². The molecule has 3 rings (SSSR count). The molecule has 0 spiro atoms. The highest BCUT2D eigenvalue weighted by atomic mass is 32.2. The lowest BCUT2D eigenvalue weighted by Gasteiger charge is -2.11. The van der Waals surface area contributed by atoms with Gasteiger partial charge in [-0.2, -0.15) is 15.6 Å². The number of benzene rings is 1. The molecule has 11 heteroatoms. The van der Waals surface area contributed by atoms with Crippen LogP contribution >= 0.6 is 11.8 Å². The molecular formula is C16H13N9OS. The molecule has 0 radical (unpaired) electrons. The van der Waals surface area contributed by atoms with Crippen LogP contribution in [0.25, 0.3) is 5.69 Å². The van der Waals surface area contributed by atoms with Crippen LogP contribution in [0.3, 0.4) is 0 Å². The van der Waals surface area contributed by atoms with Gasteiger partial charge in [0.1, 0.15) is 18.2 Å². The van der Waals surface area contributed by atoms with Gasteiger partial charge in [0.25, 0.3) is 0 Å². The summed E-state index contributed by atoms with van der Waals surface area (Å²) in [6.07, 6.45) is 1.38. The zero-order chi connectivity index (χ0) is 19.2. The minimum Gasteiger partial charge on any atom is -0.368 e. The van der Waals surface area contributed by atoms with Crippen LogP contribution in [0.2, 0.25) is 0 Å². The molecule has 0 saturated carbocycles. The topological polar surface area (TPSA) is 151 Å². The van der Waals surface area contributed by atoms with Gasteiger partial charge in [-0.1, -0.05) is 30.0 Å². The minimum atomic E-state index is -0.436. The fourth-order valence-electron chi connectivity index (χ4n) is 2.28. The average molecular weight is 379 g/mol. The van der Waals surface area contributed by atoms with Crippen LogP contribution in [0, 0.1) is 22.7 Å². The van der Waals surface area contributed by atoms with Gasteiger partial charge in [0.15, 0.2) is 11.0 Å². The molecule has 134 valence electrons. The zero-order valence-corrected chi connectivity index (χ0v) is 14.7. The standard InChI is InChI=1S/C16H13N9OS/c17-6-7-27-16-23-22-15(19)24(16)10-13(26)21-14-11(8-18)9-20-25(14)12-4-2-1-3-5-12/h1-5,9H,7,10H2,(H2,19,22)(H,21,26). The van der Waals surface area contributed by atoms with Crippen LogP contribution in [0.5, 0.6) is 0 Å². The fourth-order valence-corrected chi connectivity index (χ4v) is 2.89. The van der Waals surface area contributed by atoms with Gasteiger partial charge in [0, 0.05) is 0 Å². The number of nitrogen functional groups attached to an aromatic ring is 1. The summed E-state index contributed by atoms with van der Waals surface area (Å²) in [5, 5.41) is 32.8. The molecule has 3 aromatic rings. The van der Waals surface area contributed by atoms with Gasteiger partial charge >= 0.3 is 0 Å². The smallest absolute Gasteiger partial charge is 0.245 e. The number of nitrogens with one attached hydrogen (secondary N) is 1. The largest absolute Gasteiger partial charge is 0.368 e. The Balaban J connectivity index is 1.84. The SMILES string of the molecule is N#CCSc1nnc(N)n1CC(=O)Nc1c(C#N)cnn1-c1ccccc1. The molecule has 10 nitrogen and oxygen atoms in total. The predicted octanol–water partition coefficient (Wildman–Crippen LogP) is 1.17. The molecule has 27 heavy (non-hydrogen) atoms. The van der Waals surface area contributed by atoms with E-state index in [9.17, 15) is 10.1 Å². The molecule has 0 atom stereocenters. The van der Waals surface area contributed by atoms with Crippen LogP contribution < -0.4 is 11.1 Å². The number of nitrogens with zero attached hydrogens (tertiary/aromatic N) is 7. The number of nitriles is 2. The first-order valence-corrected chi connectivity index (χ1v) is 8.64. The second-order valence-corrected chi connectivity index (χ2v) is 6.13. The van der Waals surface area contributed by atoms with Crippen LogP contribution in [0.1, 0.15) is 5.56 Å². The van der Waals surface area contributed by atoms with Crippen molar-refractivity contribution in [3.8, 4) is 17.8 Å². The molecule has 0 bridgehead atoms. The zero-order valence-electron chi connectivity index (χ0n) is 13.9. The highest BCUT2D eigenvalue weighted by Crippen LogP contribution is 2.21. The van der Waals surface area contributed by atoms with Crippen molar-refractivity contribution in [3.63, 3.8) is 0 Å². The number of aromatic nitrogens is 5. The summed E-state index contributed by atoms with van der Waals surface area (Å²) in [4.78, 5) is 12.5. The van der Waals surface area contributed by atoms with Crippen molar-refractivity contribution in [2.45, 2.75) is 11.7 Å². The third kappa shape index (κ3) is 3.89. The van der Waals surface area contributed by atoms with Crippen LogP contribution in [-0.2, 0) is 11.3 Å². The van der Waals surface area contributed by atoms with E-state index >= 15 is 0 Å². The van der Waals surface area contributed by atoms with Gasteiger partial charge in [0.05, 0.1) is 23.7 Å². The van der Waals surface area contributed by atoms with Crippen LogP contribution in [0.15, 0.2) is 41.7 Å². The maximum absolute atomic E-state index is 12.5. The molecule has 0 saturated heterocycles. The summed E-state index contributed by atoms with van der Waals surface area (Å²) in [6.45, 7) is -0.169. The van der Waals surface area contributed by atoms with Crippen LogP contribution in [0.4, 0.5) is 11.8 Å². The van der Waals surface area contributed by atoms with E-state index in [4.69, 9.17) is 11.0 Å². The molecule has 1 aromatic carbocycles. The van der Waals surface area contributed by atoms with E-state index in [0.29, 0.717) is 10.8 Å². The highest BCUT2D eigenvalue weighted by molar-refractivity contribution is 7.99. The normalized spacial score (nSPS) is 10.1. The van der Waals surface area contributed by atoms with Gasteiger partial charge in [-0.3, -0.25) is 9.36 Å². The number of nitrogens with two attached hydrogens (primary N) is 1. The molecule has 2 heterocycles. The van der Waals surface area contributed by atoms with Crippen molar-refractivity contribution in [1.29, 1.82) is 10.5 Å². The summed E-state index contributed by atoms with van der Waals surface area (Å²) >= 11 is 1.12. The highest BCUT2D eigenvalue weighted by Gasteiger charge is 2.18. The molecular weight excluding hydrogens is 366 g/mol. The van der Waals surface area contributed by atoms with E-state index in [-0.39, 0.29) is 29.6 Å². The summed E-state index contributed by atoms with van der Waals surface area (Å²) in [5.41, 5.74) is 6.68. The molecule has 0 aliphatic rings. The monoisotopic (exact) mass is 379 g/mol.